The van der Waals surface area contributed by atoms with Crippen LogP contribution in [0.15, 0.2) is 84.9 Å². The number of rotatable bonds is 4. The summed E-state index contributed by atoms with van der Waals surface area (Å²) in [6, 6.07) is 30.0. The molecule has 0 aromatic heterocycles. The van der Waals surface area contributed by atoms with Gasteiger partial charge in [0.15, 0.2) is 0 Å². The smallest absolute Gasteiger partial charge is 0.118 e. The predicted molar refractivity (Wildman–Crippen MR) is 99.2 cm³/mol. The van der Waals surface area contributed by atoms with Gasteiger partial charge in [-0.25, -0.2) is 0 Å². The predicted octanol–water partition coefficient (Wildman–Crippen LogP) is 5.34. The van der Waals surface area contributed by atoms with Crippen LogP contribution in [0.5, 0.6) is 5.75 Å². The number of ether oxygens (including phenoxy) is 1. The number of hydrogen-bond acceptors (Lipinski definition) is 1. The zero-order valence-electron chi connectivity index (χ0n) is 12.9. The number of benzene rings is 3. The van der Waals surface area contributed by atoms with Crippen molar-refractivity contribution in [3.8, 4) is 5.75 Å². The third kappa shape index (κ3) is 2.69. The molecule has 2 heteroatoms. The van der Waals surface area contributed by atoms with Crippen LogP contribution in [-0.4, -0.2) is 7.11 Å². The van der Waals surface area contributed by atoms with Crippen LogP contribution in [0.2, 0.25) is 0 Å². The van der Waals surface area contributed by atoms with E-state index >= 15 is 0 Å². The first-order chi connectivity index (χ1) is 11.4. The van der Waals surface area contributed by atoms with E-state index in [-0.39, 0.29) is 7.92 Å². The van der Waals surface area contributed by atoms with Crippen molar-refractivity contribution in [1.82, 2.24) is 0 Å². The average Bonchev–Trinajstić information content (AvgIpc) is 3.39. The average molecular weight is 316 g/mol. The molecular weight excluding hydrogens is 299 g/mol. The summed E-state index contributed by atoms with van der Waals surface area (Å²) >= 11 is 0. The van der Waals surface area contributed by atoms with Gasteiger partial charge in [-0.3, -0.25) is 0 Å². The Bertz CT molecular complexity index is 787. The first-order valence-electron chi connectivity index (χ1n) is 7.68. The molecule has 0 N–H and O–H groups in total. The summed E-state index contributed by atoms with van der Waals surface area (Å²) < 4.78 is 5.29. The molecule has 3 aromatic carbocycles. The molecule has 0 atom stereocenters. The molecule has 3 aromatic rings. The summed E-state index contributed by atoms with van der Waals surface area (Å²) in [6.07, 6.45) is 0. The summed E-state index contributed by atoms with van der Waals surface area (Å²) in [5, 5.41) is 4.38. The van der Waals surface area contributed by atoms with Gasteiger partial charge in [-0.2, -0.15) is 0 Å². The highest BCUT2D eigenvalue weighted by Crippen LogP contribution is 2.77. The minimum absolute atomic E-state index is 0.365. The Morgan fingerprint density at radius 2 is 1.09 bits per heavy atom. The van der Waals surface area contributed by atoms with Crippen molar-refractivity contribution in [2.45, 2.75) is 0 Å². The van der Waals surface area contributed by atoms with E-state index in [1.165, 1.54) is 27.1 Å². The fourth-order valence-corrected chi connectivity index (χ4v) is 5.39. The highest BCUT2D eigenvalue weighted by molar-refractivity contribution is 7.94. The number of hydrogen-bond donors (Lipinski definition) is 0. The Labute approximate surface area is 138 Å². The fraction of sp³-hybridized carbons (Fsp3) is 0.0476. The molecule has 1 aliphatic heterocycles. The van der Waals surface area contributed by atoms with Crippen LogP contribution in [0.1, 0.15) is 11.1 Å². The molecule has 1 nitrogen and oxygen atoms in total. The lowest BCUT2D eigenvalue weighted by Crippen LogP contribution is -1.94. The van der Waals surface area contributed by atoms with Crippen LogP contribution >= 0.6 is 7.92 Å². The van der Waals surface area contributed by atoms with E-state index < -0.39 is 0 Å². The lowest BCUT2D eigenvalue weighted by Gasteiger charge is -2.05. The van der Waals surface area contributed by atoms with Crippen LogP contribution in [0, 0.1) is 0 Å². The zero-order chi connectivity index (χ0) is 15.6. The van der Waals surface area contributed by atoms with E-state index in [1.807, 2.05) is 0 Å². The van der Waals surface area contributed by atoms with Crippen molar-refractivity contribution < 1.29 is 4.74 Å². The standard InChI is InChI=1S/C21H17OP/c1-22-18-12-14-19(15-13-18)23-20(16-8-4-2-5-9-16)21(23)17-10-6-3-7-11-17/h2-15H,1H3. The molecule has 0 saturated heterocycles. The van der Waals surface area contributed by atoms with E-state index in [2.05, 4.69) is 84.9 Å². The Kier molecular flexibility index (Phi) is 3.73. The van der Waals surface area contributed by atoms with Gasteiger partial charge in [0.1, 0.15) is 5.75 Å². The maximum atomic E-state index is 5.29. The van der Waals surface area contributed by atoms with Crippen molar-refractivity contribution >= 4 is 23.9 Å². The SMILES string of the molecule is COc1ccc(P2C(c3ccccc3)=C2c2ccccc2)cc1. The van der Waals surface area contributed by atoms with Gasteiger partial charge in [-0.1, -0.05) is 72.8 Å². The number of methoxy groups -OCH3 is 1. The largest absolute Gasteiger partial charge is 0.497 e. The molecular formula is C21H17OP. The van der Waals surface area contributed by atoms with E-state index in [4.69, 9.17) is 4.74 Å². The van der Waals surface area contributed by atoms with Gasteiger partial charge in [0.2, 0.25) is 0 Å². The lowest BCUT2D eigenvalue weighted by atomic mass is 10.1. The van der Waals surface area contributed by atoms with Gasteiger partial charge in [0.25, 0.3) is 0 Å². The van der Waals surface area contributed by atoms with Crippen molar-refractivity contribution in [1.29, 1.82) is 0 Å². The van der Waals surface area contributed by atoms with Gasteiger partial charge in [0.05, 0.1) is 7.11 Å². The molecule has 23 heavy (non-hydrogen) atoms. The Morgan fingerprint density at radius 1 is 0.609 bits per heavy atom. The van der Waals surface area contributed by atoms with Crippen molar-refractivity contribution in [3.05, 3.63) is 96.1 Å². The lowest BCUT2D eigenvalue weighted by molar-refractivity contribution is 0.415. The molecule has 0 amide bonds. The topological polar surface area (TPSA) is 9.23 Å². The Balaban J connectivity index is 1.75. The molecule has 112 valence electrons. The summed E-state index contributed by atoms with van der Waals surface area (Å²) in [5.74, 6) is 0.910. The molecule has 0 radical (unpaired) electrons. The van der Waals surface area contributed by atoms with Crippen molar-refractivity contribution in [3.63, 3.8) is 0 Å². The highest BCUT2D eigenvalue weighted by Gasteiger charge is 2.39. The van der Waals surface area contributed by atoms with Crippen molar-refractivity contribution in [2.24, 2.45) is 0 Å². The van der Waals surface area contributed by atoms with Crippen LogP contribution in [0.4, 0.5) is 0 Å². The van der Waals surface area contributed by atoms with E-state index in [9.17, 15) is 0 Å². The quantitative estimate of drug-likeness (QED) is 0.590. The maximum absolute atomic E-state index is 5.29. The van der Waals surface area contributed by atoms with Crippen LogP contribution < -0.4 is 10.0 Å². The second-order valence-electron chi connectivity index (χ2n) is 5.46. The summed E-state index contributed by atoms with van der Waals surface area (Å²) in [5.41, 5.74) is 2.68. The van der Waals surface area contributed by atoms with E-state index in [1.54, 1.807) is 7.11 Å². The van der Waals surface area contributed by atoms with Gasteiger partial charge >= 0.3 is 0 Å². The molecule has 0 fully saturated rings. The van der Waals surface area contributed by atoms with Crippen LogP contribution in [0.3, 0.4) is 0 Å². The minimum Gasteiger partial charge on any atom is -0.497 e. The fourth-order valence-electron chi connectivity index (χ4n) is 2.88. The van der Waals surface area contributed by atoms with Crippen LogP contribution in [0.25, 0.3) is 10.6 Å². The third-order valence-electron chi connectivity index (χ3n) is 4.05. The molecule has 0 unspecified atom stereocenters. The molecule has 0 spiro atoms. The van der Waals surface area contributed by atoms with Gasteiger partial charge in [-0.05, 0) is 36.5 Å². The molecule has 1 aliphatic rings. The highest BCUT2D eigenvalue weighted by atomic mass is 31.1. The molecule has 0 aliphatic carbocycles. The second-order valence-corrected chi connectivity index (χ2v) is 7.54. The van der Waals surface area contributed by atoms with E-state index in [0.717, 1.165) is 5.75 Å². The van der Waals surface area contributed by atoms with Gasteiger partial charge in [-0.15, -0.1) is 0 Å². The summed E-state index contributed by atoms with van der Waals surface area (Å²) in [7, 11) is 1.34. The third-order valence-corrected chi connectivity index (χ3v) is 6.50. The molecule has 0 saturated carbocycles. The first kappa shape index (κ1) is 14.2. The maximum Gasteiger partial charge on any atom is 0.118 e. The Morgan fingerprint density at radius 3 is 1.52 bits per heavy atom. The van der Waals surface area contributed by atoms with Gasteiger partial charge < -0.3 is 4.74 Å². The monoisotopic (exact) mass is 316 g/mol. The molecule has 4 rings (SSSR count). The van der Waals surface area contributed by atoms with E-state index in [0.29, 0.717) is 0 Å². The van der Waals surface area contributed by atoms with Crippen molar-refractivity contribution in [2.75, 3.05) is 7.11 Å². The first-order valence-corrected chi connectivity index (χ1v) is 9.02. The summed E-state index contributed by atoms with van der Waals surface area (Å²) in [4.78, 5) is 0. The molecule has 0 bridgehead atoms. The van der Waals surface area contributed by atoms with Gasteiger partial charge in [0, 0.05) is 10.6 Å². The minimum atomic E-state index is -0.365. The second kappa shape index (κ2) is 6.02. The Hall–Kier alpha value is -2.37. The zero-order valence-corrected chi connectivity index (χ0v) is 13.8. The normalized spacial score (nSPS) is 14.0. The summed E-state index contributed by atoms with van der Waals surface area (Å²) in [6.45, 7) is 0. The van der Waals surface area contributed by atoms with Crippen LogP contribution in [-0.2, 0) is 0 Å². The molecule has 1 heterocycles.